The molecular weight excluding hydrogens is 380 g/mol. The summed E-state index contributed by atoms with van der Waals surface area (Å²) < 4.78 is 0. The van der Waals surface area contributed by atoms with Crippen molar-refractivity contribution in [2.24, 2.45) is 0 Å². The molecule has 1 saturated heterocycles. The van der Waals surface area contributed by atoms with Crippen LogP contribution in [-0.4, -0.2) is 44.6 Å². The van der Waals surface area contributed by atoms with Crippen molar-refractivity contribution < 1.29 is 0 Å². The van der Waals surface area contributed by atoms with Gasteiger partial charge in [0.2, 0.25) is 0 Å². The number of hydrogen-bond acceptors (Lipinski definition) is 6. The van der Waals surface area contributed by atoms with Crippen molar-refractivity contribution in [2.75, 3.05) is 13.1 Å². The van der Waals surface area contributed by atoms with Gasteiger partial charge in [0.1, 0.15) is 11.7 Å². The van der Waals surface area contributed by atoms with E-state index in [0.29, 0.717) is 23.1 Å². The maximum atomic E-state index is 8.50. The third kappa shape index (κ3) is 3.45. The maximum Gasteiger partial charge on any atom is 0.191 e. The van der Waals surface area contributed by atoms with E-state index in [2.05, 4.69) is 32.2 Å². The Balaban J connectivity index is 1.34. The molecule has 0 unspecified atom stereocenters. The standard InChI is InChI=1S/C22H24N6S/c23-19-15-7-3-4-8-16(15)20(24)18(19)22-25-21(26-27-22)17-10-9-14(29-17)13-28-11-5-1-2-6-12-28/h3-4,7-10,18,23-24H,1-2,5-6,11-13H2,(H,25,26,27). The first-order chi connectivity index (χ1) is 14.2. The fraction of sp³-hybridized carbons (Fsp3) is 0.364. The largest absolute Gasteiger partial charge is 0.303 e. The van der Waals surface area contributed by atoms with E-state index in [1.54, 1.807) is 11.3 Å². The zero-order valence-corrected chi connectivity index (χ0v) is 17.1. The predicted molar refractivity (Wildman–Crippen MR) is 116 cm³/mol. The molecule has 1 aliphatic heterocycles. The molecule has 1 aliphatic carbocycles. The highest BCUT2D eigenvalue weighted by Crippen LogP contribution is 2.34. The van der Waals surface area contributed by atoms with Crippen LogP contribution < -0.4 is 0 Å². The van der Waals surface area contributed by atoms with Crippen molar-refractivity contribution in [3.05, 3.63) is 58.2 Å². The van der Waals surface area contributed by atoms with Gasteiger partial charge in [-0.3, -0.25) is 10.00 Å². The Morgan fingerprint density at radius 2 is 1.66 bits per heavy atom. The molecule has 1 fully saturated rings. The van der Waals surface area contributed by atoms with Gasteiger partial charge in [-0.05, 0) is 38.1 Å². The van der Waals surface area contributed by atoms with Gasteiger partial charge in [0.15, 0.2) is 5.82 Å². The molecular formula is C22H24N6S. The van der Waals surface area contributed by atoms with Gasteiger partial charge in [0.05, 0.1) is 16.3 Å². The lowest BCUT2D eigenvalue weighted by Crippen LogP contribution is -2.23. The summed E-state index contributed by atoms with van der Waals surface area (Å²) in [5, 5.41) is 24.4. The van der Waals surface area contributed by atoms with E-state index in [4.69, 9.17) is 10.8 Å². The first-order valence-corrected chi connectivity index (χ1v) is 11.0. The van der Waals surface area contributed by atoms with Gasteiger partial charge >= 0.3 is 0 Å². The zero-order chi connectivity index (χ0) is 19.8. The summed E-state index contributed by atoms with van der Waals surface area (Å²) >= 11 is 1.74. The van der Waals surface area contributed by atoms with Crippen LogP contribution >= 0.6 is 11.3 Å². The van der Waals surface area contributed by atoms with Gasteiger partial charge < -0.3 is 10.8 Å². The van der Waals surface area contributed by atoms with Gasteiger partial charge in [-0.1, -0.05) is 37.1 Å². The number of nitrogens with one attached hydrogen (secondary N) is 3. The third-order valence-electron chi connectivity index (χ3n) is 5.82. The smallest absolute Gasteiger partial charge is 0.191 e. The molecule has 0 bridgehead atoms. The average Bonchev–Trinajstić information content (AvgIpc) is 3.38. The second-order valence-corrected chi connectivity index (χ2v) is 8.97. The first kappa shape index (κ1) is 18.4. The molecule has 3 N–H and O–H groups in total. The highest BCUT2D eigenvalue weighted by atomic mass is 32.1. The number of benzene rings is 1. The van der Waals surface area contributed by atoms with Crippen LogP contribution in [0, 0.1) is 10.8 Å². The molecule has 1 aromatic carbocycles. The van der Waals surface area contributed by atoms with E-state index in [-0.39, 0.29) is 0 Å². The molecule has 148 valence electrons. The Labute approximate surface area is 174 Å². The number of fused-ring (bicyclic) bond motifs is 1. The third-order valence-corrected chi connectivity index (χ3v) is 6.89. The molecule has 2 aromatic heterocycles. The lowest BCUT2D eigenvalue weighted by molar-refractivity contribution is 0.279. The molecule has 0 saturated carbocycles. The first-order valence-electron chi connectivity index (χ1n) is 10.2. The number of rotatable bonds is 4. The molecule has 2 aliphatic rings. The van der Waals surface area contributed by atoms with Crippen LogP contribution in [0.25, 0.3) is 10.7 Å². The normalized spacial score (nSPS) is 20.1. The summed E-state index contributed by atoms with van der Waals surface area (Å²) in [5.74, 6) is 0.766. The second kappa shape index (κ2) is 7.65. The van der Waals surface area contributed by atoms with Gasteiger partial charge in [0.25, 0.3) is 0 Å². The lowest BCUT2D eigenvalue weighted by Gasteiger charge is -2.18. The van der Waals surface area contributed by atoms with Crippen LogP contribution in [0.4, 0.5) is 0 Å². The number of likely N-dealkylation sites (tertiary alicyclic amines) is 1. The van der Waals surface area contributed by atoms with Crippen LogP contribution in [0.15, 0.2) is 36.4 Å². The quantitative estimate of drug-likeness (QED) is 0.600. The van der Waals surface area contributed by atoms with E-state index in [9.17, 15) is 0 Å². The van der Waals surface area contributed by atoms with E-state index < -0.39 is 5.92 Å². The monoisotopic (exact) mass is 404 g/mol. The average molecular weight is 405 g/mol. The molecule has 0 atom stereocenters. The van der Waals surface area contributed by atoms with Gasteiger partial charge in [-0.25, -0.2) is 4.98 Å². The highest BCUT2D eigenvalue weighted by Gasteiger charge is 2.36. The number of hydrogen-bond donors (Lipinski definition) is 3. The topological polar surface area (TPSA) is 92.5 Å². The van der Waals surface area contributed by atoms with Crippen molar-refractivity contribution in [2.45, 2.75) is 38.1 Å². The predicted octanol–water partition coefficient (Wildman–Crippen LogP) is 4.44. The van der Waals surface area contributed by atoms with E-state index in [0.717, 1.165) is 22.5 Å². The van der Waals surface area contributed by atoms with Crippen molar-refractivity contribution in [1.29, 1.82) is 10.8 Å². The number of thiophene rings is 1. The Hall–Kier alpha value is -2.64. The Morgan fingerprint density at radius 3 is 2.34 bits per heavy atom. The second-order valence-electron chi connectivity index (χ2n) is 7.81. The Kier molecular flexibility index (Phi) is 4.85. The summed E-state index contributed by atoms with van der Waals surface area (Å²) in [6, 6.07) is 11.9. The van der Waals surface area contributed by atoms with Gasteiger partial charge in [-0.2, -0.15) is 5.10 Å². The minimum Gasteiger partial charge on any atom is -0.303 e. The molecule has 6 nitrogen and oxygen atoms in total. The van der Waals surface area contributed by atoms with E-state index in [1.807, 2.05) is 24.3 Å². The summed E-state index contributed by atoms with van der Waals surface area (Å²) in [5.41, 5.74) is 2.47. The number of aromatic amines is 1. The van der Waals surface area contributed by atoms with E-state index in [1.165, 1.54) is 43.6 Å². The molecule has 0 radical (unpaired) electrons. The van der Waals surface area contributed by atoms with Gasteiger partial charge in [0, 0.05) is 22.5 Å². The zero-order valence-electron chi connectivity index (χ0n) is 16.2. The summed E-state index contributed by atoms with van der Waals surface area (Å²) in [6.07, 6.45) is 5.29. The minimum absolute atomic E-state index is 0.418. The van der Waals surface area contributed by atoms with Gasteiger partial charge in [-0.15, -0.1) is 11.3 Å². The van der Waals surface area contributed by atoms with E-state index >= 15 is 0 Å². The van der Waals surface area contributed by atoms with Crippen LogP contribution in [0.5, 0.6) is 0 Å². The highest BCUT2D eigenvalue weighted by molar-refractivity contribution is 7.15. The number of nitrogens with zero attached hydrogens (tertiary/aromatic N) is 3. The maximum absolute atomic E-state index is 8.50. The lowest BCUT2D eigenvalue weighted by atomic mass is 10.0. The van der Waals surface area contributed by atoms with Crippen LogP contribution in [0.3, 0.4) is 0 Å². The minimum atomic E-state index is -0.467. The molecule has 7 heteroatoms. The molecule has 3 aromatic rings. The fourth-order valence-corrected chi connectivity index (χ4v) is 5.28. The Morgan fingerprint density at radius 1 is 0.966 bits per heavy atom. The van der Waals surface area contributed by atoms with Crippen molar-refractivity contribution in [3.63, 3.8) is 0 Å². The van der Waals surface area contributed by atoms with Crippen molar-refractivity contribution in [3.8, 4) is 10.7 Å². The molecule has 5 rings (SSSR count). The molecule has 3 heterocycles. The number of aromatic nitrogens is 3. The van der Waals surface area contributed by atoms with Crippen LogP contribution in [-0.2, 0) is 6.54 Å². The fourth-order valence-electron chi connectivity index (χ4n) is 4.29. The number of H-pyrrole nitrogens is 1. The molecule has 0 amide bonds. The van der Waals surface area contributed by atoms with Crippen LogP contribution in [0.2, 0.25) is 0 Å². The summed E-state index contributed by atoms with van der Waals surface area (Å²) in [7, 11) is 0. The van der Waals surface area contributed by atoms with Crippen LogP contribution in [0.1, 0.15) is 53.4 Å². The van der Waals surface area contributed by atoms with Crippen molar-refractivity contribution >= 4 is 22.8 Å². The molecule has 29 heavy (non-hydrogen) atoms. The summed E-state index contributed by atoms with van der Waals surface area (Å²) in [4.78, 5) is 9.58. The SMILES string of the molecule is N=C1c2ccccc2C(=N)C1c1nc(-c2ccc(CN3CCCCCC3)s2)n[nH]1. The van der Waals surface area contributed by atoms with Crippen molar-refractivity contribution in [1.82, 2.24) is 20.1 Å². The summed E-state index contributed by atoms with van der Waals surface area (Å²) in [6.45, 7) is 3.37. The molecule has 0 spiro atoms. The Bertz CT molecular complexity index is 1020.